The summed E-state index contributed by atoms with van der Waals surface area (Å²) in [6, 6.07) is 24.3. The molecule has 37 heavy (non-hydrogen) atoms. The predicted octanol–water partition coefficient (Wildman–Crippen LogP) is 6.12. The third-order valence-electron chi connectivity index (χ3n) is 6.84. The molecular formula is C31H35ClN2O3. The van der Waals surface area contributed by atoms with Gasteiger partial charge in [-0.1, -0.05) is 85.5 Å². The second kappa shape index (κ2) is 13.3. The Morgan fingerprint density at radius 1 is 0.946 bits per heavy atom. The molecule has 1 fully saturated rings. The van der Waals surface area contributed by atoms with Crippen LogP contribution < -0.4 is 10.1 Å². The molecule has 194 valence electrons. The van der Waals surface area contributed by atoms with Gasteiger partial charge in [0, 0.05) is 24.0 Å². The summed E-state index contributed by atoms with van der Waals surface area (Å²) < 4.78 is 5.87. The van der Waals surface area contributed by atoms with Crippen LogP contribution in [0, 0.1) is 6.92 Å². The van der Waals surface area contributed by atoms with Crippen LogP contribution in [0.3, 0.4) is 0 Å². The highest BCUT2D eigenvalue weighted by Gasteiger charge is 2.32. The number of benzene rings is 3. The summed E-state index contributed by atoms with van der Waals surface area (Å²) in [6.45, 7) is 2.11. The Morgan fingerprint density at radius 3 is 2.38 bits per heavy atom. The first-order chi connectivity index (χ1) is 18.0. The quantitative estimate of drug-likeness (QED) is 0.352. The smallest absolute Gasteiger partial charge is 0.261 e. The maximum absolute atomic E-state index is 13.8. The largest absolute Gasteiger partial charge is 0.484 e. The Kier molecular flexibility index (Phi) is 9.61. The van der Waals surface area contributed by atoms with Crippen molar-refractivity contribution in [3.63, 3.8) is 0 Å². The fourth-order valence-corrected chi connectivity index (χ4v) is 4.94. The second-order valence-electron chi connectivity index (χ2n) is 9.80. The van der Waals surface area contributed by atoms with Gasteiger partial charge in [-0.2, -0.15) is 0 Å². The maximum Gasteiger partial charge on any atom is 0.261 e. The monoisotopic (exact) mass is 518 g/mol. The van der Waals surface area contributed by atoms with E-state index in [1.165, 1.54) is 6.42 Å². The van der Waals surface area contributed by atoms with Crippen molar-refractivity contribution in [1.82, 2.24) is 10.2 Å². The minimum absolute atomic E-state index is 0.117. The molecule has 0 bridgehead atoms. The number of amides is 2. The Labute approximate surface area is 224 Å². The van der Waals surface area contributed by atoms with E-state index in [2.05, 4.69) is 5.32 Å². The fourth-order valence-electron chi connectivity index (χ4n) is 4.82. The van der Waals surface area contributed by atoms with Crippen LogP contribution in [-0.4, -0.2) is 35.4 Å². The molecule has 0 heterocycles. The summed E-state index contributed by atoms with van der Waals surface area (Å²) in [5, 5.41) is 3.88. The normalized spacial score (nSPS) is 14.5. The van der Waals surface area contributed by atoms with Crippen LogP contribution in [0.15, 0.2) is 78.9 Å². The van der Waals surface area contributed by atoms with Gasteiger partial charge in [-0.05, 0) is 60.7 Å². The third kappa shape index (κ3) is 8.09. The van der Waals surface area contributed by atoms with Crippen LogP contribution in [0.1, 0.15) is 48.8 Å². The number of aryl methyl sites for hydroxylation is 1. The van der Waals surface area contributed by atoms with Crippen LogP contribution in [0.4, 0.5) is 0 Å². The summed E-state index contributed by atoms with van der Waals surface area (Å²) in [6.07, 6.45) is 5.81. The second-order valence-corrected chi connectivity index (χ2v) is 10.2. The predicted molar refractivity (Wildman–Crippen MR) is 148 cm³/mol. The van der Waals surface area contributed by atoms with Crippen molar-refractivity contribution in [3.05, 3.63) is 101 Å². The Morgan fingerprint density at radius 2 is 1.68 bits per heavy atom. The molecule has 6 heteroatoms. The van der Waals surface area contributed by atoms with Gasteiger partial charge in [0.2, 0.25) is 5.91 Å². The summed E-state index contributed by atoms with van der Waals surface area (Å²) in [5.74, 6) is 0.274. The van der Waals surface area contributed by atoms with Gasteiger partial charge >= 0.3 is 0 Å². The molecule has 0 radical (unpaired) electrons. The first-order valence-electron chi connectivity index (χ1n) is 13.1. The number of carbonyl (C=O) groups excluding carboxylic acids is 2. The lowest BCUT2D eigenvalue weighted by Gasteiger charge is -2.33. The van der Waals surface area contributed by atoms with E-state index in [0.717, 1.165) is 42.4 Å². The van der Waals surface area contributed by atoms with E-state index in [9.17, 15) is 9.59 Å². The Bertz CT molecular complexity index is 1160. The number of carbonyl (C=O) groups is 2. The Hall–Kier alpha value is -3.31. The molecule has 1 aliphatic carbocycles. The standard InChI is InChI=1S/C31H35ClN2O3/c1-23-9-8-14-28(19-23)37-22-30(35)34(21-25-15-17-26(32)18-16-25)29(20-24-10-4-2-5-11-24)31(36)33-27-12-6-3-7-13-27/h2,4-5,8-11,14-19,27,29H,3,6-7,12-13,20-22H2,1H3,(H,33,36)/t29-/m0/s1. The molecule has 1 atom stereocenters. The molecule has 0 aliphatic heterocycles. The maximum atomic E-state index is 13.8. The van der Waals surface area contributed by atoms with E-state index >= 15 is 0 Å². The molecule has 0 aromatic heterocycles. The topological polar surface area (TPSA) is 58.6 Å². The van der Waals surface area contributed by atoms with Crippen molar-refractivity contribution in [3.8, 4) is 5.75 Å². The zero-order valence-electron chi connectivity index (χ0n) is 21.4. The molecule has 0 unspecified atom stereocenters. The van der Waals surface area contributed by atoms with Crippen LogP contribution in [0.25, 0.3) is 0 Å². The van der Waals surface area contributed by atoms with E-state index in [1.54, 1.807) is 17.0 Å². The SMILES string of the molecule is Cc1cccc(OCC(=O)N(Cc2ccc(Cl)cc2)[C@@H](Cc2ccccc2)C(=O)NC2CCCCC2)c1. The molecule has 0 saturated heterocycles. The first kappa shape index (κ1) is 26.7. The lowest BCUT2D eigenvalue weighted by atomic mass is 9.94. The van der Waals surface area contributed by atoms with Gasteiger partial charge in [-0.15, -0.1) is 0 Å². The van der Waals surface area contributed by atoms with E-state index in [-0.39, 0.29) is 31.0 Å². The molecule has 1 N–H and O–H groups in total. The summed E-state index contributed by atoms with van der Waals surface area (Å²) in [5.41, 5.74) is 2.95. The Balaban J connectivity index is 1.60. The zero-order valence-corrected chi connectivity index (χ0v) is 22.1. The lowest BCUT2D eigenvalue weighted by Crippen LogP contribution is -2.53. The highest BCUT2D eigenvalue weighted by atomic mass is 35.5. The van der Waals surface area contributed by atoms with Gasteiger partial charge in [0.1, 0.15) is 11.8 Å². The first-order valence-corrected chi connectivity index (χ1v) is 13.4. The van der Waals surface area contributed by atoms with Crippen molar-refractivity contribution < 1.29 is 14.3 Å². The van der Waals surface area contributed by atoms with Gasteiger partial charge in [0.15, 0.2) is 6.61 Å². The van der Waals surface area contributed by atoms with Crippen molar-refractivity contribution in [1.29, 1.82) is 0 Å². The van der Waals surface area contributed by atoms with Gasteiger partial charge in [0.25, 0.3) is 5.91 Å². The number of nitrogens with zero attached hydrogens (tertiary/aromatic N) is 1. The minimum atomic E-state index is -0.673. The molecule has 1 saturated carbocycles. The van der Waals surface area contributed by atoms with E-state index in [4.69, 9.17) is 16.3 Å². The van der Waals surface area contributed by atoms with Gasteiger partial charge in [0.05, 0.1) is 0 Å². The molecular weight excluding hydrogens is 484 g/mol. The third-order valence-corrected chi connectivity index (χ3v) is 7.09. The molecule has 5 nitrogen and oxygen atoms in total. The molecule has 2 amide bonds. The number of ether oxygens (including phenoxy) is 1. The number of nitrogens with one attached hydrogen (secondary N) is 1. The van der Waals surface area contributed by atoms with Crippen molar-refractivity contribution >= 4 is 23.4 Å². The van der Waals surface area contributed by atoms with E-state index < -0.39 is 6.04 Å². The van der Waals surface area contributed by atoms with Crippen LogP contribution in [0.2, 0.25) is 5.02 Å². The van der Waals surface area contributed by atoms with Gasteiger partial charge < -0.3 is 15.0 Å². The van der Waals surface area contributed by atoms with Gasteiger partial charge in [-0.25, -0.2) is 0 Å². The average molecular weight is 519 g/mol. The van der Waals surface area contributed by atoms with Crippen LogP contribution >= 0.6 is 11.6 Å². The molecule has 3 aromatic carbocycles. The highest BCUT2D eigenvalue weighted by molar-refractivity contribution is 6.30. The number of hydrogen-bond donors (Lipinski definition) is 1. The average Bonchev–Trinajstić information content (AvgIpc) is 2.91. The van der Waals surface area contributed by atoms with Crippen molar-refractivity contribution in [2.24, 2.45) is 0 Å². The van der Waals surface area contributed by atoms with Crippen LogP contribution in [-0.2, 0) is 22.6 Å². The van der Waals surface area contributed by atoms with E-state index in [1.807, 2.05) is 73.7 Å². The number of rotatable bonds is 10. The van der Waals surface area contributed by atoms with Gasteiger partial charge in [-0.3, -0.25) is 9.59 Å². The molecule has 1 aliphatic rings. The van der Waals surface area contributed by atoms with E-state index in [0.29, 0.717) is 17.2 Å². The summed E-state index contributed by atoms with van der Waals surface area (Å²) in [4.78, 5) is 29.1. The summed E-state index contributed by atoms with van der Waals surface area (Å²) in [7, 11) is 0. The lowest BCUT2D eigenvalue weighted by molar-refractivity contribution is -0.143. The zero-order chi connectivity index (χ0) is 26.0. The molecule has 0 spiro atoms. The number of hydrogen-bond acceptors (Lipinski definition) is 3. The fraction of sp³-hybridized carbons (Fsp3) is 0.355. The number of halogens is 1. The van der Waals surface area contributed by atoms with Crippen LogP contribution in [0.5, 0.6) is 5.75 Å². The minimum Gasteiger partial charge on any atom is -0.484 e. The summed E-state index contributed by atoms with van der Waals surface area (Å²) >= 11 is 6.11. The van der Waals surface area contributed by atoms with Crippen molar-refractivity contribution in [2.45, 2.75) is 64.1 Å². The highest BCUT2D eigenvalue weighted by Crippen LogP contribution is 2.21. The molecule has 3 aromatic rings. The molecule has 4 rings (SSSR count). The van der Waals surface area contributed by atoms with Crippen molar-refractivity contribution in [2.75, 3.05) is 6.61 Å².